The fourth-order valence-corrected chi connectivity index (χ4v) is 3.73. The Morgan fingerprint density at radius 3 is 1.94 bits per heavy atom. The Kier molecular flexibility index (Phi) is 20.3. The van der Waals surface area contributed by atoms with Gasteiger partial charge in [-0.25, -0.2) is 9.28 Å². The second kappa shape index (κ2) is 21.1. The SMILES string of the molecule is CCCCOCCOC(=O)CCCCCCCNC(=O)[N+](C)(CCCN(C)C)CCCN(C)C. The molecule has 1 N–H and O–H groups in total. The summed E-state index contributed by atoms with van der Waals surface area (Å²) >= 11 is 0. The number of unbranched alkanes of at least 4 members (excludes halogenated alkanes) is 5. The van der Waals surface area contributed by atoms with Gasteiger partial charge in [-0.1, -0.05) is 32.6 Å². The third kappa shape index (κ3) is 19.1. The Labute approximate surface area is 209 Å². The molecule has 0 heterocycles. The molecule has 0 spiro atoms. The summed E-state index contributed by atoms with van der Waals surface area (Å²) in [6.07, 6.45) is 9.62. The molecule has 0 radical (unpaired) electrons. The predicted octanol–water partition coefficient (Wildman–Crippen LogP) is 3.75. The van der Waals surface area contributed by atoms with Gasteiger partial charge in [0.2, 0.25) is 0 Å². The van der Waals surface area contributed by atoms with Crippen molar-refractivity contribution >= 4 is 12.0 Å². The quantitative estimate of drug-likeness (QED) is 0.142. The van der Waals surface area contributed by atoms with E-state index in [9.17, 15) is 9.59 Å². The van der Waals surface area contributed by atoms with E-state index in [4.69, 9.17) is 9.47 Å². The lowest BCUT2D eigenvalue weighted by atomic mass is 10.1. The number of quaternary nitrogens is 1. The lowest BCUT2D eigenvalue weighted by molar-refractivity contribution is -0.830. The van der Waals surface area contributed by atoms with Gasteiger partial charge < -0.3 is 24.6 Å². The summed E-state index contributed by atoms with van der Waals surface area (Å²) in [7, 11) is 10.4. The van der Waals surface area contributed by atoms with E-state index in [0.717, 1.165) is 90.6 Å². The predicted molar refractivity (Wildman–Crippen MR) is 140 cm³/mol. The lowest BCUT2D eigenvalue weighted by Gasteiger charge is -2.32. The number of amides is 2. The monoisotopic (exact) mass is 487 g/mol. The summed E-state index contributed by atoms with van der Waals surface area (Å²) in [4.78, 5) is 29.0. The number of carbonyl (C=O) groups is 2. The van der Waals surface area contributed by atoms with Gasteiger partial charge in [-0.05, 0) is 47.5 Å². The van der Waals surface area contributed by atoms with Gasteiger partial charge in [-0.3, -0.25) is 4.79 Å². The van der Waals surface area contributed by atoms with Crippen LogP contribution in [-0.2, 0) is 14.3 Å². The van der Waals surface area contributed by atoms with E-state index in [1.165, 1.54) is 0 Å². The van der Waals surface area contributed by atoms with Gasteiger partial charge >= 0.3 is 12.0 Å². The normalized spacial score (nSPS) is 11.9. The first-order chi connectivity index (χ1) is 16.2. The minimum Gasteiger partial charge on any atom is -0.463 e. The topological polar surface area (TPSA) is 71.1 Å². The number of nitrogens with one attached hydrogen (secondary N) is 1. The fraction of sp³-hybridized carbons (Fsp3) is 0.923. The van der Waals surface area contributed by atoms with Crippen LogP contribution in [0.25, 0.3) is 0 Å². The summed E-state index contributed by atoms with van der Waals surface area (Å²) in [5, 5.41) is 3.17. The average Bonchev–Trinajstić information content (AvgIpc) is 2.77. The smallest absolute Gasteiger partial charge is 0.416 e. The van der Waals surface area contributed by atoms with Crippen molar-refractivity contribution in [2.45, 2.75) is 71.1 Å². The highest BCUT2D eigenvalue weighted by Crippen LogP contribution is 2.10. The Morgan fingerprint density at radius 1 is 0.765 bits per heavy atom. The number of carbonyl (C=O) groups excluding carboxylic acids is 2. The van der Waals surface area contributed by atoms with Crippen LogP contribution < -0.4 is 5.32 Å². The first-order valence-electron chi connectivity index (χ1n) is 13.4. The van der Waals surface area contributed by atoms with Crippen molar-refractivity contribution < 1.29 is 23.5 Å². The molecular formula is C26H55N4O4+. The maximum Gasteiger partial charge on any atom is 0.416 e. The standard InChI is InChI=1S/C26H54N4O4/c1-7-8-22-33-23-24-34-25(31)16-12-10-9-11-13-17-27-26(32)30(6,20-14-18-28(2)3)21-15-19-29(4)5/h7-24H2,1-6H3/p+1. The van der Waals surface area contributed by atoms with Crippen LogP contribution in [0.5, 0.6) is 0 Å². The molecular weight excluding hydrogens is 432 g/mol. The van der Waals surface area contributed by atoms with Crippen molar-refractivity contribution in [2.24, 2.45) is 0 Å². The van der Waals surface area contributed by atoms with Gasteiger partial charge in [0.1, 0.15) is 6.61 Å². The van der Waals surface area contributed by atoms with E-state index < -0.39 is 0 Å². The molecule has 0 aliphatic heterocycles. The molecule has 2 amide bonds. The maximum absolute atomic E-state index is 13.0. The van der Waals surface area contributed by atoms with Crippen LogP contribution in [0.1, 0.15) is 71.1 Å². The molecule has 0 unspecified atom stereocenters. The fourth-order valence-electron chi connectivity index (χ4n) is 3.73. The number of hydrogen-bond donors (Lipinski definition) is 1. The Bertz CT molecular complexity index is 501. The lowest BCUT2D eigenvalue weighted by Crippen LogP contribution is -2.56. The summed E-state index contributed by atoms with van der Waals surface area (Å²) in [6.45, 7) is 8.12. The molecule has 0 aromatic carbocycles. The van der Waals surface area contributed by atoms with Gasteiger partial charge in [0.25, 0.3) is 0 Å². The molecule has 0 rings (SSSR count). The van der Waals surface area contributed by atoms with Crippen molar-refractivity contribution in [3.63, 3.8) is 0 Å². The van der Waals surface area contributed by atoms with Crippen LogP contribution in [0.4, 0.5) is 4.79 Å². The minimum absolute atomic E-state index is 0.132. The van der Waals surface area contributed by atoms with Crippen molar-refractivity contribution in [1.29, 1.82) is 0 Å². The van der Waals surface area contributed by atoms with Gasteiger partial charge in [0.15, 0.2) is 0 Å². The van der Waals surface area contributed by atoms with Crippen LogP contribution in [0.3, 0.4) is 0 Å². The summed E-state index contributed by atoms with van der Waals surface area (Å²) in [5.41, 5.74) is 0. The highest BCUT2D eigenvalue weighted by Gasteiger charge is 2.30. The molecule has 0 aliphatic carbocycles. The number of nitrogens with zero attached hydrogens (tertiary/aromatic N) is 3. The molecule has 0 atom stereocenters. The van der Waals surface area contributed by atoms with Crippen LogP contribution in [0, 0.1) is 0 Å². The van der Waals surface area contributed by atoms with Crippen LogP contribution >= 0.6 is 0 Å². The maximum atomic E-state index is 13.0. The van der Waals surface area contributed by atoms with Gasteiger partial charge in [-0.15, -0.1) is 0 Å². The second-order valence-corrected chi connectivity index (χ2v) is 10.1. The molecule has 0 saturated carbocycles. The molecule has 202 valence electrons. The molecule has 0 aromatic rings. The zero-order valence-electron chi connectivity index (χ0n) is 23.2. The van der Waals surface area contributed by atoms with E-state index in [2.05, 4.69) is 57.3 Å². The first-order valence-corrected chi connectivity index (χ1v) is 13.4. The van der Waals surface area contributed by atoms with Crippen molar-refractivity contribution in [1.82, 2.24) is 15.1 Å². The van der Waals surface area contributed by atoms with Crippen molar-refractivity contribution in [3.05, 3.63) is 0 Å². The highest BCUT2D eigenvalue weighted by atomic mass is 16.6. The molecule has 34 heavy (non-hydrogen) atoms. The van der Waals surface area contributed by atoms with Crippen LogP contribution in [-0.4, -0.2) is 114 Å². The molecule has 0 saturated heterocycles. The number of hydrogen-bond acceptors (Lipinski definition) is 6. The molecule has 0 aromatic heterocycles. The van der Waals surface area contributed by atoms with E-state index in [1.54, 1.807) is 0 Å². The van der Waals surface area contributed by atoms with E-state index in [0.29, 0.717) is 30.7 Å². The second-order valence-electron chi connectivity index (χ2n) is 10.1. The Hall–Kier alpha value is -1.22. The van der Waals surface area contributed by atoms with Gasteiger partial charge in [-0.2, -0.15) is 0 Å². The number of ether oxygens (including phenoxy) is 2. The van der Waals surface area contributed by atoms with Crippen LogP contribution in [0.15, 0.2) is 0 Å². The molecule has 8 heteroatoms. The minimum atomic E-state index is -0.132. The summed E-state index contributed by atoms with van der Waals surface area (Å²) < 4.78 is 11.0. The summed E-state index contributed by atoms with van der Waals surface area (Å²) in [5.74, 6) is -0.132. The zero-order chi connectivity index (χ0) is 25.7. The molecule has 8 nitrogen and oxygen atoms in total. The number of esters is 1. The highest BCUT2D eigenvalue weighted by molar-refractivity contribution is 5.69. The zero-order valence-corrected chi connectivity index (χ0v) is 23.2. The van der Waals surface area contributed by atoms with E-state index in [1.807, 2.05) is 0 Å². The number of urea groups is 1. The third-order valence-electron chi connectivity index (χ3n) is 5.97. The molecule has 0 aliphatic rings. The summed E-state index contributed by atoms with van der Waals surface area (Å²) in [6, 6.07) is 0.138. The van der Waals surface area contributed by atoms with E-state index in [-0.39, 0.29) is 12.0 Å². The van der Waals surface area contributed by atoms with Gasteiger partial charge in [0, 0.05) is 45.5 Å². The number of rotatable bonds is 22. The first kappa shape index (κ1) is 32.8. The molecule has 0 fully saturated rings. The molecule has 0 bridgehead atoms. The van der Waals surface area contributed by atoms with Crippen LogP contribution in [0.2, 0.25) is 0 Å². The Morgan fingerprint density at radius 2 is 1.35 bits per heavy atom. The van der Waals surface area contributed by atoms with Crippen molar-refractivity contribution in [2.75, 3.05) is 87.8 Å². The Balaban J connectivity index is 3.96. The van der Waals surface area contributed by atoms with Gasteiger partial charge in [0.05, 0.1) is 26.7 Å². The average molecular weight is 488 g/mol. The third-order valence-corrected chi connectivity index (χ3v) is 5.97. The van der Waals surface area contributed by atoms with E-state index >= 15 is 0 Å². The van der Waals surface area contributed by atoms with Crippen molar-refractivity contribution in [3.8, 4) is 0 Å². The largest absolute Gasteiger partial charge is 0.463 e.